The standard InChI is InChI=1S/C23H15N5/c1-2-6-16-13-18(11-9-15(16)5-1)28-26-21-12-10-17(14-22(21)27-28)23-24-19-7-3-4-8-20(19)25-23/h1-14H,(H,24,25)/p+1. The van der Waals surface area contributed by atoms with Crippen LogP contribution in [0.15, 0.2) is 84.9 Å². The summed E-state index contributed by atoms with van der Waals surface area (Å²) in [6.45, 7) is 0. The van der Waals surface area contributed by atoms with Crippen LogP contribution in [0.5, 0.6) is 0 Å². The maximum Gasteiger partial charge on any atom is 0.285 e. The molecule has 2 N–H and O–H groups in total. The van der Waals surface area contributed by atoms with Crippen LogP contribution in [0.4, 0.5) is 0 Å². The second-order valence-electron chi connectivity index (χ2n) is 6.89. The first-order chi connectivity index (χ1) is 13.8. The minimum absolute atomic E-state index is 0.859. The number of imidazole rings is 1. The normalized spacial score (nSPS) is 11.6. The number of para-hydroxylation sites is 2. The number of rotatable bonds is 2. The van der Waals surface area contributed by atoms with Crippen molar-refractivity contribution < 1.29 is 4.98 Å². The lowest BCUT2D eigenvalue weighted by Gasteiger charge is -2.01. The van der Waals surface area contributed by atoms with Crippen LogP contribution >= 0.6 is 0 Å². The van der Waals surface area contributed by atoms with Crippen LogP contribution in [-0.4, -0.2) is 20.0 Å². The molecule has 5 nitrogen and oxygen atoms in total. The number of fused-ring (bicyclic) bond motifs is 3. The molecule has 2 heterocycles. The first kappa shape index (κ1) is 15.1. The molecule has 0 fully saturated rings. The molecule has 0 atom stereocenters. The molecule has 4 aromatic carbocycles. The van der Waals surface area contributed by atoms with E-state index in [9.17, 15) is 0 Å². The van der Waals surface area contributed by atoms with Gasteiger partial charge in [0.05, 0.1) is 11.3 Å². The third-order valence-electron chi connectivity index (χ3n) is 5.08. The van der Waals surface area contributed by atoms with Crippen LogP contribution in [-0.2, 0) is 0 Å². The van der Waals surface area contributed by atoms with Gasteiger partial charge in [0.15, 0.2) is 11.0 Å². The van der Waals surface area contributed by atoms with E-state index in [1.165, 1.54) is 10.8 Å². The molecule has 0 aliphatic rings. The largest absolute Gasteiger partial charge is 0.285 e. The molecule has 132 valence electrons. The molecule has 0 radical (unpaired) electrons. The van der Waals surface area contributed by atoms with Crippen LogP contribution in [0.3, 0.4) is 0 Å². The van der Waals surface area contributed by atoms with Gasteiger partial charge in [0.25, 0.3) is 5.82 Å². The van der Waals surface area contributed by atoms with Crippen molar-refractivity contribution in [3.05, 3.63) is 84.9 Å². The summed E-state index contributed by atoms with van der Waals surface area (Å²) in [7, 11) is 0. The number of hydrogen-bond acceptors (Lipinski definition) is 2. The molecule has 0 aliphatic carbocycles. The molecule has 6 aromatic rings. The second-order valence-corrected chi connectivity index (χ2v) is 6.89. The maximum atomic E-state index is 4.71. The number of aromatic amines is 2. The summed E-state index contributed by atoms with van der Waals surface area (Å²) < 4.78 is 0. The van der Waals surface area contributed by atoms with E-state index in [0.29, 0.717) is 0 Å². The quantitative estimate of drug-likeness (QED) is 0.492. The predicted octanol–water partition coefficient (Wildman–Crippen LogP) is 4.54. The van der Waals surface area contributed by atoms with E-state index in [1.807, 2.05) is 36.4 Å². The molecule has 6 rings (SSSR count). The van der Waals surface area contributed by atoms with Crippen molar-refractivity contribution in [1.29, 1.82) is 0 Å². The monoisotopic (exact) mass is 362 g/mol. The summed E-state index contributed by atoms with van der Waals surface area (Å²) in [5.74, 6) is 0.961. The van der Waals surface area contributed by atoms with Gasteiger partial charge in [-0.1, -0.05) is 42.5 Å². The van der Waals surface area contributed by atoms with E-state index in [0.717, 1.165) is 39.1 Å². The summed E-state index contributed by atoms with van der Waals surface area (Å²) in [6, 6.07) is 28.8. The van der Waals surface area contributed by atoms with E-state index in [2.05, 4.69) is 63.6 Å². The topological polar surface area (TPSA) is 60.6 Å². The molecule has 0 bridgehead atoms. The third kappa shape index (κ3) is 2.37. The van der Waals surface area contributed by atoms with Gasteiger partial charge in [0.2, 0.25) is 0 Å². The summed E-state index contributed by atoms with van der Waals surface area (Å²) in [5, 5.41) is 11.7. The summed E-state index contributed by atoms with van der Waals surface area (Å²) in [4.78, 5) is 8.55. The number of aromatic nitrogens is 5. The SMILES string of the molecule is c1ccc2cc(-n3nc4ccc(-c5[nH]c6ccccc6[nH+]5)cc4n3)ccc2c1. The highest BCUT2D eigenvalue weighted by Gasteiger charge is 2.14. The lowest BCUT2D eigenvalue weighted by molar-refractivity contribution is -0.330. The first-order valence-corrected chi connectivity index (χ1v) is 9.20. The summed E-state index contributed by atoms with van der Waals surface area (Å²) >= 11 is 0. The number of benzene rings is 4. The Morgan fingerprint density at radius 1 is 0.714 bits per heavy atom. The Kier molecular flexibility index (Phi) is 3.10. The Balaban J connectivity index is 1.45. The fourth-order valence-corrected chi connectivity index (χ4v) is 3.63. The van der Waals surface area contributed by atoms with Crippen molar-refractivity contribution in [3.63, 3.8) is 0 Å². The van der Waals surface area contributed by atoms with Gasteiger partial charge in [-0.15, -0.1) is 10.2 Å². The summed E-state index contributed by atoms with van der Waals surface area (Å²) in [6.07, 6.45) is 0. The van der Waals surface area contributed by atoms with Crippen LogP contribution in [0, 0.1) is 0 Å². The van der Waals surface area contributed by atoms with E-state index >= 15 is 0 Å². The van der Waals surface area contributed by atoms with Gasteiger partial charge in [-0.3, -0.25) is 0 Å². The van der Waals surface area contributed by atoms with E-state index in [-0.39, 0.29) is 0 Å². The van der Waals surface area contributed by atoms with Gasteiger partial charge >= 0.3 is 0 Å². The zero-order chi connectivity index (χ0) is 18.5. The highest BCUT2D eigenvalue weighted by molar-refractivity contribution is 5.85. The minimum Gasteiger partial charge on any atom is -0.237 e. The zero-order valence-electron chi connectivity index (χ0n) is 14.9. The fourth-order valence-electron chi connectivity index (χ4n) is 3.63. The smallest absolute Gasteiger partial charge is 0.237 e. The number of nitrogens with one attached hydrogen (secondary N) is 2. The molecule has 28 heavy (non-hydrogen) atoms. The van der Waals surface area contributed by atoms with Crippen molar-refractivity contribution in [2.24, 2.45) is 0 Å². The Morgan fingerprint density at radius 3 is 2.46 bits per heavy atom. The molecule has 2 aromatic heterocycles. The molecule has 0 saturated carbocycles. The van der Waals surface area contributed by atoms with Gasteiger partial charge in [0, 0.05) is 0 Å². The molecular formula is C23H16N5+. The third-order valence-corrected chi connectivity index (χ3v) is 5.08. The van der Waals surface area contributed by atoms with Gasteiger partial charge in [-0.2, -0.15) is 4.80 Å². The van der Waals surface area contributed by atoms with E-state index in [1.54, 1.807) is 4.80 Å². The average Bonchev–Trinajstić information content (AvgIpc) is 3.37. The van der Waals surface area contributed by atoms with Crippen molar-refractivity contribution in [1.82, 2.24) is 20.0 Å². The van der Waals surface area contributed by atoms with E-state index < -0.39 is 0 Å². The van der Waals surface area contributed by atoms with Crippen LogP contribution in [0.1, 0.15) is 0 Å². The Labute approximate surface area is 160 Å². The van der Waals surface area contributed by atoms with Gasteiger partial charge in [-0.05, 0) is 53.2 Å². The van der Waals surface area contributed by atoms with Crippen molar-refractivity contribution in [2.75, 3.05) is 0 Å². The zero-order valence-corrected chi connectivity index (χ0v) is 14.9. The Bertz CT molecular complexity index is 1440. The second kappa shape index (κ2) is 5.76. The molecule has 0 amide bonds. The number of hydrogen-bond donors (Lipinski definition) is 1. The fraction of sp³-hybridized carbons (Fsp3) is 0. The summed E-state index contributed by atoms with van der Waals surface area (Å²) in [5.41, 5.74) is 5.89. The molecule has 0 aliphatic heterocycles. The lowest BCUT2D eigenvalue weighted by atomic mass is 10.1. The van der Waals surface area contributed by atoms with Crippen molar-refractivity contribution in [2.45, 2.75) is 0 Å². The van der Waals surface area contributed by atoms with Crippen LogP contribution in [0.2, 0.25) is 0 Å². The van der Waals surface area contributed by atoms with Gasteiger partial charge < -0.3 is 0 Å². The average molecular weight is 362 g/mol. The van der Waals surface area contributed by atoms with E-state index in [4.69, 9.17) is 5.10 Å². The predicted molar refractivity (Wildman–Crippen MR) is 110 cm³/mol. The van der Waals surface area contributed by atoms with Crippen molar-refractivity contribution in [3.8, 4) is 17.1 Å². The minimum atomic E-state index is 0.859. The Hall–Kier alpha value is -3.99. The first-order valence-electron chi connectivity index (χ1n) is 9.20. The molecule has 0 unspecified atom stereocenters. The number of H-pyrrole nitrogens is 2. The Morgan fingerprint density at radius 2 is 1.54 bits per heavy atom. The van der Waals surface area contributed by atoms with Gasteiger partial charge in [-0.25, -0.2) is 9.97 Å². The molecule has 5 heteroatoms. The highest BCUT2D eigenvalue weighted by Crippen LogP contribution is 2.22. The molecule has 0 saturated heterocycles. The van der Waals surface area contributed by atoms with Crippen LogP contribution < -0.4 is 4.98 Å². The highest BCUT2D eigenvalue weighted by atomic mass is 15.5. The molecular weight excluding hydrogens is 346 g/mol. The maximum absolute atomic E-state index is 4.71. The number of nitrogens with zero attached hydrogens (tertiary/aromatic N) is 3. The molecule has 0 spiro atoms. The lowest BCUT2D eigenvalue weighted by Crippen LogP contribution is -2.02. The van der Waals surface area contributed by atoms with Crippen molar-refractivity contribution >= 4 is 32.8 Å². The van der Waals surface area contributed by atoms with Gasteiger partial charge in [0.1, 0.15) is 11.0 Å². The van der Waals surface area contributed by atoms with Crippen LogP contribution in [0.25, 0.3) is 49.9 Å².